The van der Waals surface area contributed by atoms with Crippen LogP contribution in [0.4, 0.5) is 10.1 Å². The molecule has 33 heavy (non-hydrogen) atoms. The number of ether oxygens (including phenoxy) is 2. The minimum Gasteiger partial charge on any atom is -0.494 e. The minimum atomic E-state index is -0.294. The average Bonchev–Trinajstić information content (AvgIpc) is 3.08. The summed E-state index contributed by atoms with van der Waals surface area (Å²) in [5, 5.41) is 0. The van der Waals surface area contributed by atoms with E-state index < -0.39 is 0 Å². The molecule has 0 atom stereocenters. The molecule has 0 bridgehead atoms. The number of benzene rings is 3. The predicted molar refractivity (Wildman–Crippen MR) is 138 cm³/mol. The highest BCUT2D eigenvalue weighted by Gasteiger charge is 2.33. The Kier molecular flexibility index (Phi) is 7.47. The summed E-state index contributed by atoms with van der Waals surface area (Å²) in [5.41, 5.74) is 2.26. The zero-order chi connectivity index (χ0) is 23.4. The van der Waals surface area contributed by atoms with E-state index in [1.165, 1.54) is 28.8 Å². The van der Waals surface area contributed by atoms with E-state index in [-0.39, 0.29) is 18.3 Å². The average molecular weight is 544 g/mol. The molecular formula is C25H19BrFNO3S2. The molecule has 4 rings (SSSR count). The van der Waals surface area contributed by atoms with Gasteiger partial charge in [-0.25, -0.2) is 4.39 Å². The Morgan fingerprint density at radius 3 is 2.48 bits per heavy atom. The number of hydrogen-bond donors (Lipinski definition) is 0. The van der Waals surface area contributed by atoms with Crippen molar-refractivity contribution < 1.29 is 18.7 Å². The molecule has 3 aromatic rings. The van der Waals surface area contributed by atoms with Gasteiger partial charge in [-0.15, -0.1) is 0 Å². The second-order valence-electron chi connectivity index (χ2n) is 7.04. The Hall–Kier alpha value is -2.68. The maximum atomic E-state index is 13.2. The van der Waals surface area contributed by atoms with Gasteiger partial charge in [0, 0.05) is 10.0 Å². The van der Waals surface area contributed by atoms with E-state index in [0.29, 0.717) is 27.3 Å². The number of carbonyl (C=O) groups is 1. The van der Waals surface area contributed by atoms with Gasteiger partial charge in [0.25, 0.3) is 5.91 Å². The monoisotopic (exact) mass is 543 g/mol. The van der Waals surface area contributed by atoms with Gasteiger partial charge in [0.1, 0.15) is 23.9 Å². The number of anilines is 1. The molecule has 1 amide bonds. The van der Waals surface area contributed by atoms with Crippen LogP contribution in [-0.2, 0) is 11.4 Å². The van der Waals surface area contributed by atoms with Crippen LogP contribution in [0.25, 0.3) is 6.08 Å². The fourth-order valence-electron chi connectivity index (χ4n) is 3.19. The molecule has 0 unspecified atom stereocenters. The Balaban J connectivity index is 1.56. The molecule has 4 nitrogen and oxygen atoms in total. The highest BCUT2D eigenvalue weighted by Crippen LogP contribution is 2.38. The lowest BCUT2D eigenvalue weighted by Gasteiger charge is -2.15. The molecule has 168 valence electrons. The van der Waals surface area contributed by atoms with Gasteiger partial charge < -0.3 is 9.47 Å². The molecular weight excluding hydrogens is 525 g/mol. The number of carbonyl (C=O) groups excluding carboxylic acids is 1. The molecule has 1 aliphatic heterocycles. The van der Waals surface area contributed by atoms with Crippen LogP contribution in [0.1, 0.15) is 18.1 Å². The van der Waals surface area contributed by atoms with Crippen LogP contribution in [0.15, 0.2) is 76.1 Å². The predicted octanol–water partition coefficient (Wildman–Crippen LogP) is 6.97. The fourth-order valence-corrected chi connectivity index (χ4v) is 4.86. The summed E-state index contributed by atoms with van der Waals surface area (Å²) in [6, 6.07) is 19.0. The van der Waals surface area contributed by atoms with E-state index in [4.69, 9.17) is 21.7 Å². The first-order valence-electron chi connectivity index (χ1n) is 10.1. The molecule has 1 heterocycles. The molecule has 0 aliphatic carbocycles. The van der Waals surface area contributed by atoms with E-state index in [9.17, 15) is 9.18 Å². The van der Waals surface area contributed by atoms with Gasteiger partial charge in [-0.3, -0.25) is 9.69 Å². The van der Waals surface area contributed by atoms with Crippen molar-refractivity contribution in [3.05, 3.63) is 93.1 Å². The maximum absolute atomic E-state index is 13.2. The van der Waals surface area contributed by atoms with E-state index in [1.807, 2.05) is 49.4 Å². The highest BCUT2D eigenvalue weighted by atomic mass is 79.9. The third-order valence-electron chi connectivity index (χ3n) is 4.77. The van der Waals surface area contributed by atoms with Crippen molar-refractivity contribution in [3.8, 4) is 11.5 Å². The van der Waals surface area contributed by atoms with E-state index >= 15 is 0 Å². The van der Waals surface area contributed by atoms with E-state index in [2.05, 4.69) is 15.9 Å². The van der Waals surface area contributed by atoms with Gasteiger partial charge in [-0.05, 0) is 73.2 Å². The first-order valence-corrected chi connectivity index (χ1v) is 12.1. The summed E-state index contributed by atoms with van der Waals surface area (Å²) in [6.07, 6.45) is 1.78. The van der Waals surface area contributed by atoms with Crippen LogP contribution >= 0.6 is 39.9 Å². The number of hydrogen-bond acceptors (Lipinski definition) is 5. The van der Waals surface area contributed by atoms with Crippen molar-refractivity contribution in [2.75, 3.05) is 11.5 Å². The third kappa shape index (κ3) is 5.63. The van der Waals surface area contributed by atoms with Crippen LogP contribution in [0.5, 0.6) is 11.5 Å². The lowest BCUT2D eigenvalue weighted by molar-refractivity contribution is -0.113. The fraction of sp³-hybridized carbons (Fsp3) is 0.120. The standard InChI is InChI=1S/C25H19BrFNO3S2/c1-2-30-21-10-8-20(9-11-21)28-24(29)23(33-25(28)32)14-17-13-18(26)5-12-22(17)31-15-16-3-6-19(27)7-4-16/h3-14H,2,15H2,1H3/b23-14-. The normalized spacial score (nSPS) is 14.8. The van der Waals surface area contributed by atoms with Crippen LogP contribution in [0.3, 0.4) is 0 Å². The summed E-state index contributed by atoms with van der Waals surface area (Å²) >= 11 is 10.2. The van der Waals surface area contributed by atoms with Gasteiger partial charge in [-0.1, -0.05) is 52.0 Å². The lowest BCUT2D eigenvalue weighted by Crippen LogP contribution is -2.27. The summed E-state index contributed by atoms with van der Waals surface area (Å²) in [4.78, 5) is 15.2. The van der Waals surface area contributed by atoms with Crippen LogP contribution in [-0.4, -0.2) is 16.8 Å². The van der Waals surface area contributed by atoms with Gasteiger partial charge in [-0.2, -0.15) is 0 Å². The number of amides is 1. The van der Waals surface area contributed by atoms with Gasteiger partial charge in [0.05, 0.1) is 17.2 Å². The van der Waals surface area contributed by atoms with E-state index in [0.717, 1.165) is 21.3 Å². The molecule has 1 aliphatic rings. The SMILES string of the molecule is CCOc1ccc(N2C(=O)/C(=C/c3cc(Br)ccc3OCc3ccc(F)cc3)SC2=S)cc1. The third-order valence-corrected chi connectivity index (χ3v) is 6.56. The molecule has 0 aromatic heterocycles. The molecule has 0 radical (unpaired) electrons. The van der Waals surface area contributed by atoms with Crippen molar-refractivity contribution >= 4 is 61.9 Å². The summed E-state index contributed by atoms with van der Waals surface area (Å²) in [5.74, 6) is 0.851. The molecule has 1 fully saturated rings. The van der Waals surface area contributed by atoms with Crippen LogP contribution < -0.4 is 14.4 Å². The molecule has 3 aromatic carbocycles. The van der Waals surface area contributed by atoms with Crippen molar-refractivity contribution in [1.82, 2.24) is 0 Å². The summed E-state index contributed by atoms with van der Waals surface area (Å²) in [7, 11) is 0. The number of thioether (sulfide) groups is 1. The molecule has 0 saturated carbocycles. The van der Waals surface area contributed by atoms with Crippen LogP contribution in [0.2, 0.25) is 0 Å². The second-order valence-corrected chi connectivity index (χ2v) is 9.63. The zero-order valence-electron chi connectivity index (χ0n) is 17.6. The van der Waals surface area contributed by atoms with E-state index in [1.54, 1.807) is 18.2 Å². The Labute approximate surface area is 209 Å². The molecule has 1 saturated heterocycles. The van der Waals surface area contributed by atoms with Crippen molar-refractivity contribution in [3.63, 3.8) is 0 Å². The van der Waals surface area contributed by atoms with Crippen molar-refractivity contribution in [2.24, 2.45) is 0 Å². The molecule has 0 spiro atoms. The largest absolute Gasteiger partial charge is 0.494 e. The molecule has 8 heteroatoms. The second kappa shape index (κ2) is 10.5. The Morgan fingerprint density at radius 1 is 1.06 bits per heavy atom. The Morgan fingerprint density at radius 2 is 1.79 bits per heavy atom. The summed E-state index contributed by atoms with van der Waals surface area (Å²) < 4.78 is 25.9. The number of halogens is 2. The van der Waals surface area contributed by atoms with Crippen molar-refractivity contribution in [2.45, 2.75) is 13.5 Å². The minimum absolute atomic E-state index is 0.196. The number of thiocarbonyl (C=S) groups is 1. The van der Waals surface area contributed by atoms with Crippen LogP contribution in [0, 0.1) is 5.82 Å². The molecule has 0 N–H and O–H groups in total. The Bertz CT molecular complexity index is 1210. The first-order chi connectivity index (χ1) is 15.9. The van der Waals surface area contributed by atoms with Gasteiger partial charge >= 0.3 is 0 Å². The highest BCUT2D eigenvalue weighted by molar-refractivity contribution is 9.10. The number of rotatable bonds is 7. The first kappa shape index (κ1) is 23.5. The number of nitrogens with zero attached hydrogens (tertiary/aromatic N) is 1. The van der Waals surface area contributed by atoms with Crippen molar-refractivity contribution in [1.29, 1.82) is 0 Å². The van der Waals surface area contributed by atoms with Gasteiger partial charge in [0.2, 0.25) is 0 Å². The smallest absolute Gasteiger partial charge is 0.270 e. The summed E-state index contributed by atoms with van der Waals surface area (Å²) in [6.45, 7) is 2.76. The topological polar surface area (TPSA) is 38.8 Å². The van der Waals surface area contributed by atoms with Gasteiger partial charge in [0.15, 0.2) is 4.32 Å². The maximum Gasteiger partial charge on any atom is 0.270 e. The quantitative estimate of drug-likeness (QED) is 0.237. The zero-order valence-corrected chi connectivity index (χ0v) is 20.8. The lowest BCUT2D eigenvalue weighted by atomic mass is 10.1.